The Labute approximate surface area is 138 Å². The van der Waals surface area contributed by atoms with Gasteiger partial charge in [-0.3, -0.25) is 0 Å². The van der Waals surface area contributed by atoms with Crippen molar-refractivity contribution in [3.8, 4) is 6.07 Å². The van der Waals surface area contributed by atoms with E-state index in [1.165, 1.54) is 0 Å². The second-order valence-corrected chi connectivity index (χ2v) is 6.53. The van der Waals surface area contributed by atoms with E-state index in [1.54, 1.807) is 19.1 Å². The molecule has 0 unspecified atom stereocenters. The van der Waals surface area contributed by atoms with E-state index >= 15 is 0 Å². The zero-order chi connectivity index (χ0) is 16.0. The summed E-state index contributed by atoms with van der Waals surface area (Å²) in [5.74, 6) is 1.41. The maximum atomic E-state index is 9.39. The molecule has 0 amide bonds. The first-order valence-electron chi connectivity index (χ1n) is 7.46. The zero-order valence-corrected chi connectivity index (χ0v) is 13.4. The number of benzene rings is 1. The Kier molecular flexibility index (Phi) is 3.29. The third kappa shape index (κ3) is 2.12. The highest BCUT2D eigenvalue weighted by Gasteiger charge is 2.55. The van der Waals surface area contributed by atoms with E-state index in [0.29, 0.717) is 42.1 Å². The Morgan fingerprint density at radius 3 is 3.04 bits per heavy atom. The van der Waals surface area contributed by atoms with Gasteiger partial charge in [0.05, 0.1) is 34.9 Å². The Morgan fingerprint density at radius 2 is 2.30 bits per heavy atom. The summed E-state index contributed by atoms with van der Waals surface area (Å²) >= 11 is 6.36. The molecule has 1 aromatic carbocycles. The number of rotatable bonds is 2. The van der Waals surface area contributed by atoms with Crippen LogP contribution in [0.4, 0.5) is 5.69 Å². The molecule has 1 aromatic heterocycles. The normalized spacial score (nSPS) is 26.3. The van der Waals surface area contributed by atoms with E-state index in [9.17, 15) is 5.26 Å². The Bertz CT molecular complexity index is 800. The van der Waals surface area contributed by atoms with Gasteiger partial charge in [0.2, 0.25) is 11.8 Å². The van der Waals surface area contributed by atoms with Crippen molar-refractivity contribution in [3.05, 3.63) is 40.6 Å². The molecule has 2 aliphatic rings. The van der Waals surface area contributed by atoms with Gasteiger partial charge < -0.3 is 14.1 Å². The van der Waals surface area contributed by atoms with Gasteiger partial charge in [0.25, 0.3) is 0 Å². The third-order valence-corrected chi connectivity index (χ3v) is 5.05. The number of halogens is 1. The molecule has 7 heteroatoms. The number of fused-ring (bicyclic) bond motifs is 1. The van der Waals surface area contributed by atoms with Crippen molar-refractivity contribution in [1.29, 1.82) is 5.26 Å². The Balaban J connectivity index is 1.75. The van der Waals surface area contributed by atoms with Crippen molar-refractivity contribution in [2.75, 3.05) is 31.2 Å². The minimum atomic E-state index is -0.326. The number of nitrogens with zero attached hydrogens (tertiary/aromatic N) is 4. The van der Waals surface area contributed by atoms with Crippen molar-refractivity contribution >= 4 is 17.3 Å². The summed E-state index contributed by atoms with van der Waals surface area (Å²) in [5.41, 5.74) is 1.03. The molecule has 118 valence electrons. The van der Waals surface area contributed by atoms with Crippen LogP contribution in [-0.4, -0.2) is 36.5 Å². The first-order valence-corrected chi connectivity index (χ1v) is 7.84. The summed E-state index contributed by atoms with van der Waals surface area (Å²) in [5, 5.41) is 18.2. The Hall–Kier alpha value is -2.10. The molecule has 0 radical (unpaired) electrons. The van der Waals surface area contributed by atoms with E-state index in [4.69, 9.17) is 20.8 Å². The molecule has 3 heterocycles. The van der Waals surface area contributed by atoms with E-state index in [-0.39, 0.29) is 11.3 Å². The molecule has 23 heavy (non-hydrogen) atoms. The topological polar surface area (TPSA) is 75.2 Å². The van der Waals surface area contributed by atoms with Crippen LogP contribution < -0.4 is 4.90 Å². The lowest BCUT2D eigenvalue weighted by Gasteiger charge is -2.25. The molecule has 0 aliphatic carbocycles. The second kappa shape index (κ2) is 5.22. The smallest absolute Gasteiger partial charge is 0.227 e. The summed E-state index contributed by atoms with van der Waals surface area (Å²) in [4.78, 5) is 2.15. The molecule has 2 saturated heterocycles. The molecule has 0 spiro atoms. The second-order valence-electron chi connectivity index (χ2n) is 6.12. The number of anilines is 1. The van der Waals surface area contributed by atoms with E-state index in [0.717, 1.165) is 12.2 Å². The van der Waals surface area contributed by atoms with Gasteiger partial charge >= 0.3 is 0 Å². The van der Waals surface area contributed by atoms with E-state index in [1.807, 2.05) is 6.07 Å². The summed E-state index contributed by atoms with van der Waals surface area (Å²) in [6.07, 6.45) is 0. The highest BCUT2D eigenvalue weighted by Crippen LogP contribution is 2.46. The van der Waals surface area contributed by atoms with Gasteiger partial charge in [0.15, 0.2) is 0 Å². The van der Waals surface area contributed by atoms with Gasteiger partial charge in [0, 0.05) is 25.9 Å². The van der Waals surface area contributed by atoms with Crippen LogP contribution in [0.15, 0.2) is 22.6 Å². The molecule has 2 atom stereocenters. The minimum absolute atomic E-state index is 0.241. The molecule has 6 nitrogen and oxygen atoms in total. The lowest BCUT2D eigenvalue weighted by molar-refractivity contribution is 0.166. The summed E-state index contributed by atoms with van der Waals surface area (Å²) in [6.45, 7) is 4.37. The quantitative estimate of drug-likeness (QED) is 0.841. The van der Waals surface area contributed by atoms with Crippen LogP contribution in [0.5, 0.6) is 0 Å². The predicted molar refractivity (Wildman–Crippen MR) is 83.4 cm³/mol. The number of hydrogen-bond donors (Lipinski definition) is 0. The van der Waals surface area contributed by atoms with Crippen LogP contribution in [0.1, 0.15) is 17.3 Å². The number of nitriles is 1. The largest absolute Gasteiger partial charge is 0.425 e. The molecule has 4 rings (SSSR count). The zero-order valence-electron chi connectivity index (χ0n) is 12.6. The highest BCUT2D eigenvalue weighted by molar-refractivity contribution is 6.33. The lowest BCUT2D eigenvalue weighted by Crippen LogP contribution is -2.36. The van der Waals surface area contributed by atoms with Crippen molar-refractivity contribution in [1.82, 2.24) is 10.2 Å². The van der Waals surface area contributed by atoms with Crippen molar-refractivity contribution < 1.29 is 9.15 Å². The van der Waals surface area contributed by atoms with Crippen molar-refractivity contribution in [2.45, 2.75) is 12.3 Å². The van der Waals surface area contributed by atoms with Crippen LogP contribution >= 0.6 is 11.6 Å². The Morgan fingerprint density at radius 1 is 1.43 bits per heavy atom. The van der Waals surface area contributed by atoms with Crippen LogP contribution in [0, 0.1) is 24.2 Å². The van der Waals surface area contributed by atoms with Crippen LogP contribution in [0.3, 0.4) is 0 Å². The van der Waals surface area contributed by atoms with Gasteiger partial charge in [-0.1, -0.05) is 17.7 Å². The average molecular weight is 331 g/mol. The third-order valence-electron chi connectivity index (χ3n) is 4.75. The van der Waals surface area contributed by atoms with E-state index in [2.05, 4.69) is 21.2 Å². The molecule has 0 N–H and O–H groups in total. The van der Waals surface area contributed by atoms with Gasteiger partial charge in [-0.2, -0.15) is 5.26 Å². The van der Waals surface area contributed by atoms with Gasteiger partial charge in [-0.05, 0) is 12.1 Å². The van der Waals surface area contributed by atoms with Gasteiger partial charge in [-0.25, -0.2) is 0 Å². The molecule has 2 aromatic rings. The number of aromatic nitrogens is 2. The van der Waals surface area contributed by atoms with Crippen LogP contribution in [0.2, 0.25) is 5.02 Å². The number of ether oxygens (including phenoxy) is 1. The molecular weight excluding hydrogens is 316 g/mol. The van der Waals surface area contributed by atoms with Crippen molar-refractivity contribution in [2.24, 2.45) is 5.92 Å². The molecule has 2 fully saturated rings. The lowest BCUT2D eigenvalue weighted by atomic mass is 9.81. The fourth-order valence-electron chi connectivity index (χ4n) is 3.63. The van der Waals surface area contributed by atoms with E-state index < -0.39 is 0 Å². The van der Waals surface area contributed by atoms with Crippen molar-refractivity contribution in [3.63, 3.8) is 0 Å². The number of aryl methyl sites for hydroxylation is 1. The standard InChI is InChI=1S/C16H15ClN4O2/c1-10-19-20-15(23-10)16-8-21(6-12(16)7-22-9-16)14-11(5-18)3-2-4-13(14)17/h2-4,12H,6-9H2,1H3/t12-,16-/m0/s1. The fraction of sp³-hybridized carbons (Fsp3) is 0.438. The fourth-order valence-corrected chi connectivity index (χ4v) is 3.93. The monoisotopic (exact) mass is 330 g/mol. The highest BCUT2D eigenvalue weighted by atomic mass is 35.5. The average Bonchev–Trinajstić information content (AvgIpc) is 3.20. The predicted octanol–water partition coefficient (Wildman–Crippen LogP) is 2.31. The summed E-state index contributed by atoms with van der Waals surface area (Å²) in [6, 6.07) is 7.62. The summed E-state index contributed by atoms with van der Waals surface area (Å²) in [7, 11) is 0. The van der Waals surface area contributed by atoms with Crippen LogP contribution in [-0.2, 0) is 10.2 Å². The molecule has 0 bridgehead atoms. The summed E-state index contributed by atoms with van der Waals surface area (Å²) < 4.78 is 11.4. The number of para-hydroxylation sites is 1. The number of hydrogen-bond acceptors (Lipinski definition) is 6. The molecule has 0 saturated carbocycles. The minimum Gasteiger partial charge on any atom is -0.425 e. The first-order chi connectivity index (χ1) is 11.1. The van der Waals surface area contributed by atoms with Gasteiger partial charge in [0.1, 0.15) is 6.07 Å². The maximum Gasteiger partial charge on any atom is 0.227 e. The first kappa shape index (κ1) is 14.5. The molecular formula is C16H15ClN4O2. The van der Waals surface area contributed by atoms with Crippen LogP contribution in [0.25, 0.3) is 0 Å². The molecule has 2 aliphatic heterocycles. The maximum absolute atomic E-state index is 9.39. The van der Waals surface area contributed by atoms with Gasteiger partial charge in [-0.15, -0.1) is 10.2 Å². The SMILES string of the molecule is Cc1nnc([C@@]23COC[C@@H]2CN(c2c(Cl)cccc2C#N)C3)o1.